The number of alkyl halides is 1. The molecule has 0 saturated carbocycles. The molecule has 1 rings (SSSR count). The van der Waals surface area contributed by atoms with Crippen molar-refractivity contribution >= 4 is 11.9 Å². The highest BCUT2D eigenvalue weighted by Gasteiger charge is 2.25. The normalized spacial score (nSPS) is 21.4. The van der Waals surface area contributed by atoms with Crippen LogP contribution in [0.15, 0.2) is 0 Å². The van der Waals surface area contributed by atoms with Gasteiger partial charge in [-0.2, -0.15) is 0 Å². The van der Waals surface area contributed by atoms with Crippen molar-refractivity contribution in [3.63, 3.8) is 0 Å². The first-order chi connectivity index (χ1) is 8.54. The summed E-state index contributed by atoms with van der Waals surface area (Å²) in [4.78, 5) is 23.8. The minimum absolute atomic E-state index is 0.0407. The van der Waals surface area contributed by atoms with E-state index < -0.39 is 12.3 Å². The molecule has 2 atom stereocenters. The van der Waals surface area contributed by atoms with Crippen molar-refractivity contribution in [2.75, 3.05) is 26.2 Å². The molecule has 0 spiro atoms. The second kappa shape index (κ2) is 7.15. The predicted molar refractivity (Wildman–Crippen MR) is 63.4 cm³/mol. The van der Waals surface area contributed by atoms with Crippen LogP contribution in [0.4, 0.5) is 9.18 Å². The van der Waals surface area contributed by atoms with E-state index in [2.05, 4.69) is 5.32 Å². The Morgan fingerprint density at radius 3 is 2.94 bits per heavy atom. The van der Waals surface area contributed by atoms with Gasteiger partial charge in [0.25, 0.3) is 12.3 Å². The van der Waals surface area contributed by atoms with Crippen LogP contribution in [0.2, 0.25) is 0 Å². The molecule has 6 nitrogen and oxygen atoms in total. The molecule has 7 heteroatoms. The largest absolute Gasteiger partial charge is 0.365 e. The van der Waals surface area contributed by atoms with E-state index in [-0.39, 0.29) is 18.6 Å². The number of urea groups is 1. The summed E-state index contributed by atoms with van der Waals surface area (Å²) >= 11 is 0. The maximum absolute atomic E-state index is 12.9. The molecule has 1 aliphatic rings. The summed E-state index contributed by atoms with van der Waals surface area (Å²) < 4.78 is 17.6. The Bertz CT molecular complexity index is 301. The van der Waals surface area contributed by atoms with E-state index in [1.807, 2.05) is 6.92 Å². The van der Waals surface area contributed by atoms with Gasteiger partial charge in [-0.1, -0.05) is 0 Å². The van der Waals surface area contributed by atoms with Gasteiger partial charge in [-0.25, -0.2) is 9.18 Å². The Morgan fingerprint density at radius 2 is 2.33 bits per heavy atom. The first-order valence-electron chi connectivity index (χ1n) is 6.12. The standard InChI is InChI=1S/C11H20FN3O3/c1-2-14-11(17)15-5-3-4-8(6-15)7-18-9(12)10(13)16/h8-9H,2-7H2,1H3,(H2,13,16)(H,14,17). The zero-order valence-corrected chi connectivity index (χ0v) is 10.5. The highest BCUT2D eigenvalue weighted by atomic mass is 19.1. The minimum atomic E-state index is -2.06. The number of amides is 3. The summed E-state index contributed by atoms with van der Waals surface area (Å²) in [6, 6.07) is -0.117. The molecule has 3 amide bonds. The van der Waals surface area contributed by atoms with Gasteiger partial charge < -0.3 is 20.7 Å². The fraction of sp³-hybridized carbons (Fsp3) is 0.818. The lowest BCUT2D eigenvalue weighted by Crippen LogP contribution is -2.46. The van der Waals surface area contributed by atoms with E-state index in [1.54, 1.807) is 4.90 Å². The van der Waals surface area contributed by atoms with Crippen molar-refractivity contribution in [1.29, 1.82) is 0 Å². The third-order valence-corrected chi connectivity index (χ3v) is 2.84. The maximum Gasteiger partial charge on any atom is 0.317 e. The van der Waals surface area contributed by atoms with Gasteiger partial charge in [0.15, 0.2) is 0 Å². The van der Waals surface area contributed by atoms with Crippen LogP contribution < -0.4 is 11.1 Å². The Kier molecular flexibility index (Phi) is 5.84. The van der Waals surface area contributed by atoms with E-state index in [9.17, 15) is 14.0 Å². The molecule has 0 bridgehead atoms. The van der Waals surface area contributed by atoms with E-state index in [4.69, 9.17) is 10.5 Å². The van der Waals surface area contributed by atoms with Crippen molar-refractivity contribution in [1.82, 2.24) is 10.2 Å². The molecule has 0 aromatic rings. The number of carbonyl (C=O) groups is 2. The second-order valence-electron chi connectivity index (χ2n) is 4.34. The molecule has 2 unspecified atom stereocenters. The van der Waals surface area contributed by atoms with Gasteiger partial charge in [0.05, 0.1) is 6.61 Å². The number of nitrogens with one attached hydrogen (secondary N) is 1. The van der Waals surface area contributed by atoms with E-state index in [0.717, 1.165) is 12.8 Å². The molecule has 3 N–H and O–H groups in total. The molecule has 0 aromatic heterocycles. The number of hydrogen-bond acceptors (Lipinski definition) is 3. The summed E-state index contributed by atoms with van der Waals surface area (Å²) in [7, 11) is 0. The lowest BCUT2D eigenvalue weighted by Gasteiger charge is -2.32. The second-order valence-corrected chi connectivity index (χ2v) is 4.34. The van der Waals surface area contributed by atoms with Crippen LogP contribution in [0.1, 0.15) is 19.8 Å². The molecule has 1 heterocycles. The van der Waals surface area contributed by atoms with Gasteiger partial charge in [0, 0.05) is 25.6 Å². The molecule has 1 saturated heterocycles. The SMILES string of the molecule is CCNC(=O)N1CCCC(COC(F)C(N)=O)C1. The number of ether oxygens (including phenoxy) is 1. The Morgan fingerprint density at radius 1 is 1.61 bits per heavy atom. The fourth-order valence-corrected chi connectivity index (χ4v) is 1.95. The third-order valence-electron chi connectivity index (χ3n) is 2.84. The molecular weight excluding hydrogens is 241 g/mol. The monoisotopic (exact) mass is 261 g/mol. The van der Waals surface area contributed by atoms with Crippen LogP contribution >= 0.6 is 0 Å². The maximum atomic E-state index is 12.9. The summed E-state index contributed by atoms with van der Waals surface area (Å²) in [5.41, 5.74) is 4.75. The Balaban J connectivity index is 2.35. The van der Waals surface area contributed by atoms with Crippen LogP contribution in [0, 0.1) is 5.92 Å². The van der Waals surface area contributed by atoms with Crippen LogP contribution in [0.5, 0.6) is 0 Å². The van der Waals surface area contributed by atoms with Crippen molar-refractivity contribution in [3.05, 3.63) is 0 Å². The molecule has 1 aliphatic heterocycles. The molecule has 18 heavy (non-hydrogen) atoms. The Labute approximate surface area is 106 Å². The van der Waals surface area contributed by atoms with Crippen LogP contribution in [0.25, 0.3) is 0 Å². The fourth-order valence-electron chi connectivity index (χ4n) is 1.95. The highest BCUT2D eigenvalue weighted by molar-refractivity contribution is 5.77. The van der Waals surface area contributed by atoms with Gasteiger partial charge in [-0.3, -0.25) is 4.79 Å². The summed E-state index contributed by atoms with van der Waals surface area (Å²) in [6.07, 6.45) is -0.370. The van der Waals surface area contributed by atoms with Crippen molar-refractivity contribution in [2.24, 2.45) is 11.7 Å². The summed E-state index contributed by atoms with van der Waals surface area (Å²) in [5, 5.41) is 2.72. The average molecular weight is 261 g/mol. The van der Waals surface area contributed by atoms with Gasteiger partial charge in [-0.05, 0) is 19.8 Å². The molecular formula is C11H20FN3O3. The zero-order chi connectivity index (χ0) is 13.5. The smallest absolute Gasteiger partial charge is 0.317 e. The third kappa shape index (κ3) is 4.48. The van der Waals surface area contributed by atoms with Crippen molar-refractivity contribution in [2.45, 2.75) is 26.1 Å². The molecule has 1 fully saturated rings. The first kappa shape index (κ1) is 14.7. The van der Waals surface area contributed by atoms with Crippen molar-refractivity contribution in [3.8, 4) is 0 Å². The first-order valence-corrected chi connectivity index (χ1v) is 6.12. The zero-order valence-electron chi connectivity index (χ0n) is 10.5. The number of rotatable bonds is 5. The van der Waals surface area contributed by atoms with Gasteiger partial charge in [0.2, 0.25) is 0 Å². The van der Waals surface area contributed by atoms with Crippen LogP contribution in [-0.4, -0.2) is 49.4 Å². The number of carbonyl (C=O) groups excluding carboxylic acids is 2. The van der Waals surface area contributed by atoms with E-state index in [0.29, 0.717) is 19.6 Å². The number of primary amides is 1. The lowest BCUT2D eigenvalue weighted by atomic mass is 9.99. The van der Waals surface area contributed by atoms with Crippen molar-refractivity contribution < 1.29 is 18.7 Å². The number of piperidine rings is 1. The summed E-state index contributed by atoms with van der Waals surface area (Å²) in [6.45, 7) is 3.72. The highest BCUT2D eigenvalue weighted by Crippen LogP contribution is 2.17. The number of nitrogens with zero attached hydrogens (tertiary/aromatic N) is 1. The molecule has 0 aliphatic carbocycles. The number of likely N-dealkylation sites (tertiary alicyclic amines) is 1. The number of hydrogen-bond donors (Lipinski definition) is 2. The van der Waals surface area contributed by atoms with E-state index in [1.165, 1.54) is 0 Å². The Hall–Kier alpha value is -1.37. The lowest BCUT2D eigenvalue weighted by molar-refractivity contribution is -0.143. The number of nitrogens with two attached hydrogens (primary N) is 1. The number of halogens is 1. The van der Waals surface area contributed by atoms with Crippen LogP contribution in [-0.2, 0) is 9.53 Å². The van der Waals surface area contributed by atoms with Gasteiger partial charge >= 0.3 is 6.03 Å². The predicted octanol–water partition coefficient (Wildman–Crippen LogP) is 0.225. The minimum Gasteiger partial charge on any atom is -0.365 e. The average Bonchev–Trinajstić information content (AvgIpc) is 2.36. The van der Waals surface area contributed by atoms with Crippen LogP contribution in [0.3, 0.4) is 0 Å². The molecule has 0 radical (unpaired) electrons. The quantitative estimate of drug-likeness (QED) is 0.742. The van der Waals surface area contributed by atoms with E-state index >= 15 is 0 Å². The summed E-state index contributed by atoms with van der Waals surface area (Å²) in [5.74, 6) is -1.08. The molecule has 104 valence electrons. The molecule has 0 aromatic carbocycles. The van der Waals surface area contributed by atoms with Gasteiger partial charge in [-0.15, -0.1) is 0 Å². The van der Waals surface area contributed by atoms with Gasteiger partial charge in [0.1, 0.15) is 0 Å². The topological polar surface area (TPSA) is 84.7 Å².